The van der Waals surface area contributed by atoms with Gasteiger partial charge in [0.2, 0.25) is 0 Å². The number of halogens is 3. The van der Waals surface area contributed by atoms with Gasteiger partial charge < -0.3 is 15.0 Å². The summed E-state index contributed by atoms with van der Waals surface area (Å²) < 4.78 is 28.4. The Balaban J connectivity index is 0.00000256. The van der Waals surface area contributed by atoms with Crippen molar-refractivity contribution in [2.45, 2.75) is 19.3 Å². The maximum atomic E-state index is 11.8. The Kier molecular flexibility index (Phi) is 10.0. The lowest BCUT2D eigenvalue weighted by Gasteiger charge is -2.31. The molecule has 1 saturated heterocycles. The molecule has 1 rings (SSSR count). The van der Waals surface area contributed by atoms with Gasteiger partial charge in [0.25, 0.3) is 6.43 Å². The van der Waals surface area contributed by atoms with Crippen LogP contribution in [0, 0.1) is 5.92 Å². The Morgan fingerprint density at radius 3 is 2.53 bits per heavy atom. The van der Waals surface area contributed by atoms with Crippen LogP contribution < -0.4 is 5.32 Å². The molecule has 1 heterocycles. The summed E-state index contributed by atoms with van der Waals surface area (Å²) in [7, 11) is 1.98. The van der Waals surface area contributed by atoms with Crippen LogP contribution in [0.2, 0.25) is 0 Å². The van der Waals surface area contributed by atoms with Crippen LogP contribution in [0.3, 0.4) is 0 Å². The van der Waals surface area contributed by atoms with Crippen molar-refractivity contribution in [3.8, 4) is 0 Å². The van der Waals surface area contributed by atoms with Gasteiger partial charge in [0, 0.05) is 6.54 Å². The second kappa shape index (κ2) is 10.00. The van der Waals surface area contributed by atoms with Crippen LogP contribution in [0.1, 0.15) is 12.8 Å². The van der Waals surface area contributed by atoms with E-state index in [1.54, 1.807) is 0 Å². The summed E-state index contributed by atoms with van der Waals surface area (Å²) in [5.41, 5.74) is 0. The van der Waals surface area contributed by atoms with Gasteiger partial charge in [-0.3, -0.25) is 0 Å². The molecule has 1 aliphatic rings. The van der Waals surface area contributed by atoms with Crippen molar-refractivity contribution in [3.63, 3.8) is 0 Å². The molecular weight excluding hydrogens is 250 g/mol. The van der Waals surface area contributed by atoms with Crippen LogP contribution in [0.25, 0.3) is 0 Å². The largest absolute Gasteiger partial charge is 0.374 e. The number of ether oxygens (including phenoxy) is 1. The molecule has 0 aromatic rings. The Morgan fingerprint density at radius 2 is 2.00 bits per heavy atom. The van der Waals surface area contributed by atoms with Crippen LogP contribution >= 0.6 is 12.4 Å². The molecule has 0 atom stereocenters. The molecule has 0 bridgehead atoms. The van der Waals surface area contributed by atoms with Gasteiger partial charge in [0.05, 0.1) is 6.61 Å². The molecule has 0 aromatic heterocycles. The van der Waals surface area contributed by atoms with E-state index in [2.05, 4.69) is 10.2 Å². The first kappa shape index (κ1) is 17.0. The molecule has 0 spiro atoms. The summed E-state index contributed by atoms with van der Waals surface area (Å²) in [6.07, 6.45) is 0.0344. The lowest BCUT2D eigenvalue weighted by atomic mass is 9.97. The number of piperidine rings is 1. The molecule has 17 heavy (non-hydrogen) atoms. The average molecular weight is 273 g/mol. The summed E-state index contributed by atoms with van der Waals surface area (Å²) in [5, 5.41) is 3.19. The number of rotatable bonds is 7. The first-order chi connectivity index (χ1) is 7.72. The van der Waals surface area contributed by atoms with Gasteiger partial charge in [-0.15, -0.1) is 12.4 Å². The smallest absolute Gasteiger partial charge is 0.261 e. The standard InChI is InChI=1S/C11H22F2N2O.ClH/c1-14-8-10-2-4-15(5-3-10)6-7-16-9-11(12)13;/h10-11,14H,2-9H2,1H3;1H. The number of hydrogen-bond donors (Lipinski definition) is 1. The van der Waals surface area contributed by atoms with Crippen LogP contribution in [0.4, 0.5) is 8.78 Å². The van der Waals surface area contributed by atoms with E-state index in [4.69, 9.17) is 4.74 Å². The van der Waals surface area contributed by atoms with E-state index in [-0.39, 0.29) is 12.4 Å². The van der Waals surface area contributed by atoms with Crippen LogP contribution in [0.15, 0.2) is 0 Å². The molecule has 3 nitrogen and oxygen atoms in total. The third-order valence-electron chi connectivity index (χ3n) is 3.00. The van der Waals surface area contributed by atoms with Gasteiger partial charge in [0.1, 0.15) is 6.61 Å². The minimum atomic E-state index is -2.35. The fraction of sp³-hybridized carbons (Fsp3) is 1.00. The van der Waals surface area contributed by atoms with E-state index in [1.165, 1.54) is 12.8 Å². The fourth-order valence-corrected chi connectivity index (χ4v) is 2.07. The molecule has 1 aliphatic heterocycles. The SMILES string of the molecule is CNCC1CCN(CCOCC(F)F)CC1.Cl. The number of nitrogens with zero attached hydrogens (tertiary/aromatic N) is 1. The fourth-order valence-electron chi connectivity index (χ4n) is 2.07. The zero-order chi connectivity index (χ0) is 11.8. The van der Waals surface area contributed by atoms with Crippen molar-refractivity contribution in [2.24, 2.45) is 5.92 Å². The first-order valence-electron chi connectivity index (χ1n) is 5.95. The zero-order valence-electron chi connectivity index (χ0n) is 10.3. The molecule has 1 N–H and O–H groups in total. The summed E-state index contributed by atoms with van der Waals surface area (Å²) >= 11 is 0. The number of nitrogens with one attached hydrogen (secondary N) is 1. The van der Waals surface area contributed by atoms with Crippen molar-refractivity contribution in [2.75, 3.05) is 46.4 Å². The number of hydrogen-bond acceptors (Lipinski definition) is 3. The first-order valence-corrected chi connectivity index (χ1v) is 5.95. The van der Waals surface area contributed by atoms with Gasteiger partial charge in [-0.1, -0.05) is 0 Å². The molecule has 104 valence electrons. The maximum absolute atomic E-state index is 11.8. The van der Waals surface area contributed by atoms with Crippen molar-refractivity contribution in [1.29, 1.82) is 0 Å². The summed E-state index contributed by atoms with van der Waals surface area (Å²) in [6.45, 7) is 3.96. The van der Waals surface area contributed by atoms with Crippen LogP contribution in [-0.4, -0.2) is 57.8 Å². The third-order valence-corrected chi connectivity index (χ3v) is 3.00. The number of likely N-dealkylation sites (tertiary alicyclic amines) is 1. The average Bonchev–Trinajstić information content (AvgIpc) is 2.27. The Labute approximate surface area is 108 Å². The minimum absolute atomic E-state index is 0. The van der Waals surface area contributed by atoms with E-state index in [1.807, 2.05) is 7.05 Å². The van der Waals surface area contributed by atoms with Crippen molar-refractivity contribution in [1.82, 2.24) is 10.2 Å². The topological polar surface area (TPSA) is 24.5 Å². The minimum Gasteiger partial charge on any atom is -0.374 e. The third kappa shape index (κ3) is 7.86. The van der Waals surface area contributed by atoms with Crippen LogP contribution in [0.5, 0.6) is 0 Å². The van der Waals surface area contributed by atoms with E-state index < -0.39 is 13.0 Å². The van der Waals surface area contributed by atoms with Gasteiger partial charge in [-0.05, 0) is 45.4 Å². The summed E-state index contributed by atoms with van der Waals surface area (Å²) in [5.74, 6) is 0.767. The Bertz CT molecular complexity index is 179. The molecular formula is C11H23ClF2N2O. The van der Waals surface area contributed by atoms with Crippen molar-refractivity contribution < 1.29 is 13.5 Å². The highest BCUT2D eigenvalue weighted by atomic mass is 35.5. The molecule has 0 amide bonds. The predicted molar refractivity (Wildman–Crippen MR) is 67.2 cm³/mol. The molecule has 0 aromatic carbocycles. The summed E-state index contributed by atoms with van der Waals surface area (Å²) in [6, 6.07) is 0. The zero-order valence-corrected chi connectivity index (χ0v) is 11.1. The Morgan fingerprint density at radius 1 is 1.35 bits per heavy atom. The van der Waals surface area contributed by atoms with Crippen LogP contribution in [-0.2, 0) is 4.74 Å². The van der Waals surface area contributed by atoms with E-state index in [0.717, 1.165) is 32.1 Å². The predicted octanol–water partition coefficient (Wildman–Crippen LogP) is 1.62. The van der Waals surface area contributed by atoms with Gasteiger partial charge in [-0.25, -0.2) is 8.78 Å². The highest BCUT2D eigenvalue weighted by Gasteiger charge is 2.18. The molecule has 0 aliphatic carbocycles. The molecule has 0 unspecified atom stereocenters. The lowest BCUT2D eigenvalue weighted by Crippen LogP contribution is -2.38. The second-order valence-electron chi connectivity index (χ2n) is 4.31. The van der Waals surface area contributed by atoms with Crippen molar-refractivity contribution >= 4 is 12.4 Å². The summed E-state index contributed by atoms with van der Waals surface area (Å²) in [4.78, 5) is 2.29. The highest BCUT2D eigenvalue weighted by Crippen LogP contribution is 2.15. The van der Waals surface area contributed by atoms with Gasteiger partial charge in [-0.2, -0.15) is 0 Å². The number of alkyl halides is 2. The van der Waals surface area contributed by atoms with Gasteiger partial charge >= 0.3 is 0 Å². The molecule has 0 saturated carbocycles. The Hall–Kier alpha value is 0.0300. The van der Waals surface area contributed by atoms with E-state index in [9.17, 15) is 8.78 Å². The normalized spacial score (nSPS) is 18.4. The van der Waals surface area contributed by atoms with Gasteiger partial charge in [0.15, 0.2) is 0 Å². The lowest BCUT2D eigenvalue weighted by molar-refractivity contribution is 0.00703. The monoisotopic (exact) mass is 272 g/mol. The molecule has 0 radical (unpaired) electrons. The maximum Gasteiger partial charge on any atom is 0.261 e. The second-order valence-corrected chi connectivity index (χ2v) is 4.31. The molecule has 1 fully saturated rings. The van der Waals surface area contributed by atoms with E-state index in [0.29, 0.717) is 6.61 Å². The van der Waals surface area contributed by atoms with Crippen molar-refractivity contribution in [3.05, 3.63) is 0 Å². The quantitative estimate of drug-likeness (QED) is 0.713. The highest BCUT2D eigenvalue weighted by molar-refractivity contribution is 5.85. The van der Waals surface area contributed by atoms with E-state index >= 15 is 0 Å². The molecule has 6 heteroatoms.